The van der Waals surface area contributed by atoms with Crippen molar-refractivity contribution in [1.29, 1.82) is 0 Å². The number of rotatable bonds is 6. The number of aromatic nitrogens is 3. The molecule has 4 aromatic rings. The van der Waals surface area contributed by atoms with Crippen molar-refractivity contribution in [2.24, 2.45) is 0 Å². The molecule has 1 N–H and O–H groups in total. The fourth-order valence-electron chi connectivity index (χ4n) is 3.23. The summed E-state index contributed by atoms with van der Waals surface area (Å²) in [5.41, 5.74) is 4.40. The summed E-state index contributed by atoms with van der Waals surface area (Å²) >= 11 is 0. The van der Waals surface area contributed by atoms with Gasteiger partial charge < -0.3 is 14.6 Å². The summed E-state index contributed by atoms with van der Waals surface area (Å²) in [5, 5.41) is 2.97. The van der Waals surface area contributed by atoms with Gasteiger partial charge in [-0.2, -0.15) is 0 Å². The average Bonchev–Trinajstić information content (AvgIpc) is 3.10. The van der Waals surface area contributed by atoms with E-state index < -0.39 is 0 Å². The van der Waals surface area contributed by atoms with E-state index in [1.54, 1.807) is 13.3 Å². The minimum atomic E-state index is -0.127. The largest absolute Gasteiger partial charge is 0.497 e. The smallest absolute Gasteiger partial charge is 0.251 e. The highest BCUT2D eigenvalue weighted by molar-refractivity contribution is 5.94. The van der Waals surface area contributed by atoms with Gasteiger partial charge in [-0.05, 0) is 48.9 Å². The van der Waals surface area contributed by atoms with Crippen molar-refractivity contribution in [1.82, 2.24) is 19.9 Å². The third kappa shape index (κ3) is 4.11. The molecule has 0 spiro atoms. The molecule has 2 heterocycles. The molecular weight excluding hydrogens is 364 g/mol. The summed E-state index contributed by atoms with van der Waals surface area (Å²) in [5.74, 6) is 1.43. The molecule has 0 saturated heterocycles. The van der Waals surface area contributed by atoms with Crippen molar-refractivity contribution in [3.05, 3.63) is 89.4 Å². The maximum Gasteiger partial charge on any atom is 0.251 e. The highest BCUT2D eigenvalue weighted by atomic mass is 16.5. The number of nitrogens with zero attached hydrogens (tertiary/aromatic N) is 3. The Labute approximate surface area is 169 Å². The van der Waals surface area contributed by atoms with Crippen LogP contribution in [0.2, 0.25) is 0 Å². The molecule has 2 aromatic carbocycles. The Morgan fingerprint density at radius 3 is 2.72 bits per heavy atom. The van der Waals surface area contributed by atoms with E-state index in [0.717, 1.165) is 33.9 Å². The van der Waals surface area contributed by atoms with Gasteiger partial charge in [0.25, 0.3) is 5.91 Å². The Morgan fingerprint density at radius 1 is 1.10 bits per heavy atom. The second-order valence-electron chi connectivity index (χ2n) is 6.86. The monoisotopic (exact) mass is 386 g/mol. The van der Waals surface area contributed by atoms with Gasteiger partial charge in [0, 0.05) is 11.8 Å². The molecule has 0 saturated carbocycles. The lowest BCUT2D eigenvalue weighted by Crippen LogP contribution is -2.25. The quantitative estimate of drug-likeness (QED) is 0.548. The average molecular weight is 386 g/mol. The van der Waals surface area contributed by atoms with Crippen molar-refractivity contribution in [2.75, 3.05) is 7.11 Å². The fourth-order valence-corrected chi connectivity index (χ4v) is 3.23. The van der Waals surface area contributed by atoms with Crippen LogP contribution in [0, 0.1) is 6.92 Å². The molecule has 0 atom stereocenters. The zero-order valence-corrected chi connectivity index (χ0v) is 16.4. The van der Waals surface area contributed by atoms with Crippen LogP contribution in [0.1, 0.15) is 27.3 Å². The molecule has 6 nitrogen and oxygen atoms in total. The van der Waals surface area contributed by atoms with E-state index in [9.17, 15) is 4.79 Å². The second-order valence-corrected chi connectivity index (χ2v) is 6.86. The molecule has 6 heteroatoms. The number of ether oxygens (including phenoxy) is 1. The number of pyridine rings is 1. The van der Waals surface area contributed by atoms with Crippen LogP contribution in [0.25, 0.3) is 11.2 Å². The molecule has 0 unspecified atom stereocenters. The van der Waals surface area contributed by atoms with Crippen LogP contribution in [0.5, 0.6) is 5.75 Å². The number of carbonyl (C=O) groups is 1. The van der Waals surface area contributed by atoms with E-state index in [0.29, 0.717) is 18.7 Å². The third-order valence-electron chi connectivity index (χ3n) is 4.78. The van der Waals surface area contributed by atoms with Crippen LogP contribution < -0.4 is 10.1 Å². The highest BCUT2D eigenvalue weighted by Crippen LogP contribution is 2.19. The van der Waals surface area contributed by atoms with E-state index >= 15 is 0 Å². The number of fused-ring (bicyclic) bond motifs is 1. The van der Waals surface area contributed by atoms with Crippen molar-refractivity contribution < 1.29 is 9.53 Å². The maximum atomic E-state index is 12.5. The number of benzene rings is 2. The summed E-state index contributed by atoms with van der Waals surface area (Å²) in [6.45, 7) is 2.89. The topological polar surface area (TPSA) is 69.0 Å². The van der Waals surface area contributed by atoms with Gasteiger partial charge in [-0.1, -0.05) is 29.8 Å². The molecule has 0 fully saturated rings. The predicted octanol–water partition coefficient (Wildman–Crippen LogP) is 3.73. The Bertz CT molecular complexity index is 1150. The SMILES string of the molecule is COc1cccc(Cn2c(CNC(=O)c3ccc(C)cc3)nc3cccnc32)c1. The molecule has 0 aliphatic rings. The van der Waals surface area contributed by atoms with E-state index in [-0.39, 0.29) is 5.91 Å². The van der Waals surface area contributed by atoms with Crippen LogP contribution in [-0.4, -0.2) is 27.6 Å². The molecule has 0 bridgehead atoms. The van der Waals surface area contributed by atoms with Gasteiger partial charge in [-0.25, -0.2) is 9.97 Å². The summed E-state index contributed by atoms with van der Waals surface area (Å²) < 4.78 is 7.36. The first kappa shape index (κ1) is 18.7. The van der Waals surface area contributed by atoms with Crippen LogP contribution in [0.15, 0.2) is 66.9 Å². The zero-order valence-electron chi connectivity index (χ0n) is 16.4. The first-order valence-electron chi connectivity index (χ1n) is 9.42. The molecule has 4 rings (SSSR count). The van der Waals surface area contributed by atoms with Crippen molar-refractivity contribution in [2.45, 2.75) is 20.0 Å². The van der Waals surface area contributed by atoms with E-state index in [2.05, 4.69) is 15.3 Å². The first-order chi connectivity index (χ1) is 14.1. The van der Waals surface area contributed by atoms with Crippen LogP contribution in [0.3, 0.4) is 0 Å². The number of hydrogen-bond acceptors (Lipinski definition) is 4. The number of nitrogens with one attached hydrogen (secondary N) is 1. The molecule has 29 heavy (non-hydrogen) atoms. The number of methoxy groups -OCH3 is 1. The van der Waals surface area contributed by atoms with Crippen LogP contribution >= 0.6 is 0 Å². The molecule has 0 aliphatic carbocycles. The fraction of sp³-hybridized carbons (Fsp3) is 0.174. The van der Waals surface area contributed by atoms with Crippen molar-refractivity contribution in [3.8, 4) is 5.75 Å². The van der Waals surface area contributed by atoms with Gasteiger partial charge in [0.1, 0.15) is 17.1 Å². The minimum Gasteiger partial charge on any atom is -0.497 e. The maximum absolute atomic E-state index is 12.5. The van der Waals surface area contributed by atoms with Gasteiger partial charge >= 0.3 is 0 Å². The lowest BCUT2D eigenvalue weighted by Gasteiger charge is -2.11. The number of imidazole rings is 1. The third-order valence-corrected chi connectivity index (χ3v) is 4.78. The summed E-state index contributed by atoms with van der Waals surface area (Å²) in [6, 6.07) is 19.2. The molecular formula is C23H22N4O2. The van der Waals surface area contributed by atoms with Crippen LogP contribution in [0.4, 0.5) is 0 Å². The summed E-state index contributed by atoms with van der Waals surface area (Å²) in [6.07, 6.45) is 1.75. The minimum absolute atomic E-state index is 0.127. The normalized spacial score (nSPS) is 10.8. The van der Waals surface area contributed by atoms with Gasteiger partial charge in [0.2, 0.25) is 0 Å². The van der Waals surface area contributed by atoms with Crippen molar-refractivity contribution in [3.63, 3.8) is 0 Å². The zero-order chi connectivity index (χ0) is 20.2. The number of hydrogen-bond donors (Lipinski definition) is 1. The standard InChI is InChI=1S/C23H22N4O2/c1-16-8-10-18(11-9-16)23(28)25-14-21-26-20-7-4-12-24-22(20)27(21)15-17-5-3-6-19(13-17)29-2/h3-13H,14-15H2,1-2H3,(H,25,28). The molecule has 146 valence electrons. The number of aryl methyl sites for hydroxylation is 1. The van der Waals surface area contributed by atoms with Gasteiger partial charge in [-0.15, -0.1) is 0 Å². The van der Waals surface area contributed by atoms with E-state index in [1.165, 1.54) is 0 Å². The van der Waals surface area contributed by atoms with Gasteiger partial charge in [0.05, 0.1) is 20.2 Å². The van der Waals surface area contributed by atoms with Gasteiger partial charge in [0.15, 0.2) is 5.65 Å². The molecule has 1 amide bonds. The Hall–Kier alpha value is -3.67. The Morgan fingerprint density at radius 2 is 1.93 bits per heavy atom. The highest BCUT2D eigenvalue weighted by Gasteiger charge is 2.14. The van der Waals surface area contributed by atoms with Crippen molar-refractivity contribution >= 4 is 17.1 Å². The lowest BCUT2D eigenvalue weighted by atomic mass is 10.1. The second kappa shape index (κ2) is 8.14. The predicted molar refractivity (Wildman–Crippen MR) is 112 cm³/mol. The Kier molecular flexibility index (Phi) is 5.24. The number of carbonyl (C=O) groups excluding carboxylic acids is 1. The van der Waals surface area contributed by atoms with Gasteiger partial charge in [-0.3, -0.25) is 4.79 Å². The number of amides is 1. The van der Waals surface area contributed by atoms with Crippen LogP contribution in [-0.2, 0) is 13.1 Å². The van der Waals surface area contributed by atoms with E-state index in [1.807, 2.05) is 72.2 Å². The molecule has 0 radical (unpaired) electrons. The Balaban J connectivity index is 1.60. The van der Waals surface area contributed by atoms with E-state index in [4.69, 9.17) is 4.74 Å². The molecule has 0 aliphatic heterocycles. The lowest BCUT2D eigenvalue weighted by molar-refractivity contribution is 0.0949. The molecule has 2 aromatic heterocycles. The summed E-state index contributed by atoms with van der Waals surface area (Å²) in [7, 11) is 1.65. The first-order valence-corrected chi connectivity index (χ1v) is 9.42. The summed E-state index contributed by atoms with van der Waals surface area (Å²) in [4.78, 5) is 21.7.